The summed E-state index contributed by atoms with van der Waals surface area (Å²) in [5, 5.41) is 5.56. The topological polar surface area (TPSA) is 72.7 Å². The Bertz CT molecular complexity index is 651. The summed E-state index contributed by atoms with van der Waals surface area (Å²) >= 11 is 0. The van der Waals surface area contributed by atoms with Crippen LogP contribution in [0.4, 0.5) is 10.5 Å². The van der Waals surface area contributed by atoms with Gasteiger partial charge in [-0.15, -0.1) is 0 Å². The fourth-order valence-electron chi connectivity index (χ4n) is 2.01. The summed E-state index contributed by atoms with van der Waals surface area (Å²) in [4.78, 5) is 12.1. The normalized spacial score (nSPS) is 11.6. The molecular formula is C16H20N2O4. The molecule has 1 aromatic heterocycles. The number of hydrogen-bond acceptors (Lipinski definition) is 4. The molecule has 0 aliphatic rings. The van der Waals surface area contributed by atoms with E-state index in [1.807, 2.05) is 26.0 Å². The first-order valence-corrected chi connectivity index (χ1v) is 6.89. The lowest BCUT2D eigenvalue weighted by Crippen LogP contribution is -2.31. The maximum Gasteiger partial charge on any atom is 0.319 e. The van der Waals surface area contributed by atoms with Gasteiger partial charge in [0, 0.05) is 6.07 Å². The highest BCUT2D eigenvalue weighted by Gasteiger charge is 2.14. The van der Waals surface area contributed by atoms with Gasteiger partial charge in [0.25, 0.3) is 0 Å². The van der Waals surface area contributed by atoms with Crippen molar-refractivity contribution in [3.63, 3.8) is 0 Å². The molecule has 2 N–H and O–H groups in total. The van der Waals surface area contributed by atoms with Gasteiger partial charge in [-0.2, -0.15) is 0 Å². The van der Waals surface area contributed by atoms with E-state index in [2.05, 4.69) is 10.6 Å². The van der Waals surface area contributed by atoms with Crippen LogP contribution in [0.15, 0.2) is 34.7 Å². The summed E-state index contributed by atoms with van der Waals surface area (Å²) in [5.74, 6) is 2.69. The van der Waals surface area contributed by atoms with Crippen LogP contribution < -0.4 is 20.1 Å². The molecular weight excluding hydrogens is 284 g/mol. The van der Waals surface area contributed by atoms with E-state index < -0.39 is 0 Å². The summed E-state index contributed by atoms with van der Waals surface area (Å²) < 4.78 is 15.8. The molecule has 0 saturated heterocycles. The first-order valence-electron chi connectivity index (χ1n) is 6.89. The van der Waals surface area contributed by atoms with Gasteiger partial charge < -0.3 is 24.5 Å². The van der Waals surface area contributed by atoms with Gasteiger partial charge in [0.05, 0.1) is 25.9 Å². The van der Waals surface area contributed by atoms with Crippen molar-refractivity contribution in [3.05, 3.63) is 41.9 Å². The number of amides is 2. The minimum atomic E-state index is -0.343. The van der Waals surface area contributed by atoms with Gasteiger partial charge >= 0.3 is 6.03 Å². The zero-order valence-electron chi connectivity index (χ0n) is 13.1. The Morgan fingerprint density at radius 3 is 2.55 bits per heavy atom. The van der Waals surface area contributed by atoms with Gasteiger partial charge in [-0.3, -0.25) is 0 Å². The van der Waals surface area contributed by atoms with E-state index in [9.17, 15) is 4.79 Å². The highest BCUT2D eigenvalue weighted by Crippen LogP contribution is 2.29. The van der Waals surface area contributed by atoms with Crippen LogP contribution in [0.5, 0.6) is 11.5 Å². The van der Waals surface area contributed by atoms with Crippen LogP contribution >= 0.6 is 0 Å². The quantitative estimate of drug-likeness (QED) is 0.887. The largest absolute Gasteiger partial charge is 0.497 e. The minimum Gasteiger partial charge on any atom is -0.497 e. The maximum absolute atomic E-state index is 12.1. The van der Waals surface area contributed by atoms with Crippen LogP contribution in [0.2, 0.25) is 0 Å². The second-order valence-electron chi connectivity index (χ2n) is 4.83. The van der Waals surface area contributed by atoms with E-state index in [0.29, 0.717) is 22.9 Å². The number of methoxy groups -OCH3 is 2. The van der Waals surface area contributed by atoms with Gasteiger partial charge in [0.2, 0.25) is 0 Å². The highest BCUT2D eigenvalue weighted by molar-refractivity contribution is 5.91. The van der Waals surface area contributed by atoms with E-state index in [4.69, 9.17) is 13.9 Å². The van der Waals surface area contributed by atoms with Crippen molar-refractivity contribution in [3.8, 4) is 11.5 Å². The van der Waals surface area contributed by atoms with E-state index in [1.54, 1.807) is 25.3 Å². The second kappa shape index (κ2) is 6.89. The smallest absolute Gasteiger partial charge is 0.319 e. The SMILES string of the molecule is COc1ccc(NC(=O)N[C@@H](C)c2ccc(C)o2)c(OC)c1. The van der Waals surface area contributed by atoms with Crippen LogP contribution in [0, 0.1) is 6.92 Å². The standard InChI is InChI=1S/C16H20N2O4/c1-10-5-8-14(22-10)11(2)17-16(19)18-13-7-6-12(20-3)9-15(13)21-4/h5-9,11H,1-4H3,(H2,17,18,19)/t11-/m0/s1. The molecule has 0 fully saturated rings. The molecule has 0 unspecified atom stereocenters. The average molecular weight is 304 g/mol. The van der Waals surface area contributed by atoms with Gasteiger partial charge in [-0.05, 0) is 38.1 Å². The van der Waals surface area contributed by atoms with E-state index in [1.165, 1.54) is 7.11 Å². The van der Waals surface area contributed by atoms with Gasteiger partial charge in [0.15, 0.2) is 0 Å². The lowest BCUT2D eigenvalue weighted by atomic mass is 10.2. The molecule has 0 spiro atoms. The number of nitrogens with one attached hydrogen (secondary N) is 2. The molecule has 22 heavy (non-hydrogen) atoms. The van der Waals surface area contributed by atoms with Crippen LogP contribution in [-0.4, -0.2) is 20.3 Å². The third-order valence-electron chi connectivity index (χ3n) is 3.19. The third-order valence-corrected chi connectivity index (χ3v) is 3.19. The number of urea groups is 1. The molecule has 1 aromatic carbocycles. The summed E-state index contributed by atoms with van der Waals surface area (Å²) in [6.07, 6.45) is 0. The van der Waals surface area contributed by atoms with Crippen LogP contribution in [-0.2, 0) is 0 Å². The van der Waals surface area contributed by atoms with Crippen molar-refractivity contribution in [1.29, 1.82) is 0 Å². The maximum atomic E-state index is 12.1. The zero-order valence-corrected chi connectivity index (χ0v) is 13.1. The van der Waals surface area contributed by atoms with Crippen molar-refractivity contribution in [2.45, 2.75) is 19.9 Å². The van der Waals surface area contributed by atoms with Crippen LogP contribution in [0.1, 0.15) is 24.5 Å². The average Bonchev–Trinajstić information content (AvgIpc) is 2.94. The molecule has 6 heteroatoms. The monoisotopic (exact) mass is 304 g/mol. The highest BCUT2D eigenvalue weighted by atomic mass is 16.5. The molecule has 0 bridgehead atoms. The Balaban J connectivity index is 2.02. The summed E-state index contributed by atoms with van der Waals surface area (Å²) in [6, 6.07) is 8.29. The van der Waals surface area contributed by atoms with Gasteiger partial charge in [0.1, 0.15) is 23.0 Å². The molecule has 1 atom stereocenters. The number of hydrogen-bond donors (Lipinski definition) is 2. The van der Waals surface area contributed by atoms with E-state index in [-0.39, 0.29) is 12.1 Å². The molecule has 2 aromatic rings. The Morgan fingerprint density at radius 1 is 1.18 bits per heavy atom. The fourth-order valence-corrected chi connectivity index (χ4v) is 2.01. The molecule has 0 saturated carbocycles. The number of carbonyl (C=O) groups is 1. The summed E-state index contributed by atoms with van der Waals surface area (Å²) in [7, 11) is 3.10. The first kappa shape index (κ1) is 15.8. The zero-order chi connectivity index (χ0) is 16.1. The number of benzene rings is 1. The van der Waals surface area contributed by atoms with Gasteiger partial charge in [-0.25, -0.2) is 4.79 Å². The predicted molar refractivity (Wildman–Crippen MR) is 83.6 cm³/mol. The molecule has 0 aliphatic heterocycles. The molecule has 118 valence electrons. The Hall–Kier alpha value is -2.63. The number of aryl methyl sites for hydroxylation is 1. The Morgan fingerprint density at radius 2 is 1.95 bits per heavy atom. The summed E-state index contributed by atoms with van der Waals surface area (Å²) in [6.45, 7) is 3.71. The van der Waals surface area contributed by atoms with Crippen molar-refractivity contribution in [1.82, 2.24) is 5.32 Å². The Kier molecular flexibility index (Phi) is 4.93. The minimum absolute atomic E-state index is 0.238. The van der Waals surface area contributed by atoms with Gasteiger partial charge in [-0.1, -0.05) is 0 Å². The fraction of sp³-hybridized carbons (Fsp3) is 0.312. The van der Waals surface area contributed by atoms with Crippen molar-refractivity contribution in [2.24, 2.45) is 0 Å². The van der Waals surface area contributed by atoms with Crippen LogP contribution in [0.25, 0.3) is 0 Å². The summed E-state index contributed by atoms with van der Waals surface area (Å²) in [5.41, 5.74) is 0.559. The van der Waals surface area contributed by atoms with Crippen molar-refractivity contribution in [2.75, 3.05) is 19.5 Å². The van der Waals surface area contributed by atoms with E-state index in [0.717, 1.165) is 5.76 Å². The van der Waals surface area contributed by atoms with Crippen LogP contribution in [0.3, 0.4) is 0 Å². The number of furan rings is 1. The molecule has 6 nitrogen and oxygen atoms in total. The predicted octanol–water partition coefficient (Wildman–Crippen LogP) is 3.49. The number of rotatable bonds is 5. The molecule has 0 radical (unpaired) electrons. The lowest BCUT2D eigenvalue weighted by molar-refractivity contribution is 0.247. The molecule has 2 rings (SSSR count). The Labute approximate surface area is 129 Å². The number of carbonyl (C=O) groups excluding carboxylic acids is 1. The first-order chi connectivity index (χ1) is 10.5. The third kappa shape index (κ3) is 3.72. The van der Waals surface area contributed by atoms with Crippen molar-refractivity contribution >= 4 is 11.7 Å². The molecule has 1 heterocycles. The van der Waals surface area contributed by atoms with E-state index >= 15 is 0 Å². The number of ether oxygens (including phenoxy) is 2. The molecule has 2 amide bonds. The van der Waals surface area contributed by atoms with Crippen molar-refractivity contribution < 1.29 is 18.7 Å². The second-order valence-corrected chi connectivity index (χ2v) is 4.83. The molecule has 0 aliphatic carbocycles. The lowest BCUT2D eigenvalue weighted by Gasteiger charge is -2.15. The number of anilines is 1.